The Morgan fingerprint density at radius 3 is 2.83 bits per heavy atom. The third kappa shape index (κ3) is 2.52. The molecule has 120 valence electrons. The Bertz CT molecular complexity index is 676. The number of hydrogen-bond donors (Lipinski definition) is 0. The molecule has 2 aliphatic rings. The van der Waals surface area contributed by atoms with Crippen LogP contribution in [-0.4, -0.2) is 45.5 Å². The number of nitro benzene ring substituents is 1. The lowest BCUT2D eigenvalue weighted by atomic mass is 9.92. The normalized spacial score (nSPS) is 25.3. The first-order valence-electron chi connectivity index (χ1n) is 6.68. The molecule has 2 heterocycles. The van der Waals surface area contributed by atoms with Crippen LogP contribution in [-0.2, 0) is 14.3 Å². The predicted octanol–water partition coefficient (Wildman–Crippen LogP) is 1.31. The molecular formula is C14H12N2O6S. The molecule has 0 bridgehead atoms. The standard InChI is InChI=1S/C14H12N2O6S/c17-9-21-8-14(12(18)15-6-1-7-23-13(14)15)22-11-4-2-10(3-5-11)16(19)20/h1-6,9,13H,7-8H2/t13-,14?/m0/s1. The number of nitro groups is 1. The van der Waals surface area contributed by atoms with Gasteiger partial charge in [-0.05, 0) is 12.1 Å². The fourth-order valence-corrected chi connectivity index (χ4v) is 3.71. The van der Waals surface area contributed by atoms with Gasteiger partial charge in [-0.15, -0.1) is 11.8 Å². The second-order valence-corrected chi connectivity index (χ2v) is 6.05. The molecule has 1 saturated heterocycles. The fourth-order valence-electron chi connectivity index (χ4n) is 2.51. The lowest BCUT2D eigenvalue weighted by Gasteiger charge is -2.53. The minimum absolute atomic E-state index is 0.0768. The summed E-state index contributed by atoms with van der Waals surface area (Å²) in [6.07, 6.45) is 3.54. The molecule has 8 nitrogen and oxygen atoms in total. The topological polar surface area (TPSA) is 99.0 Å². The van der Waals surface area contributed by atoms with Crippen LogP contribution < -0.4 is 4.74 Å². The van der Waals surface area contributed by atoms with E-state index in [-0.39, 0.29) is 30.0 Å². The van der Waals surface area contributed by atoms with E-state index >= 15 is 0 Å². The molecule has 1 aromatic carbocycles. The SMILES string of the molecule is O=COCC1(Oc2ccc([N+](=O)[O-])cc2)C(=O)N2C=CCS[C@H]21. The number of ether oxygens (including phenoxy) is 2. The van der Waals surface area contributed by atoms with Gasteiger partial charge in [0, 0.05) is 24.1 Å². The van der Waals surface area contributed by atoms with Crippen molar-refractivity contribution in [3.63, 3.8) is 0 Å². The molecule has 0 N–H and O–H groups in total. The molecular weight excluding hydrogens is 324 g/mol. The number of hydrogen-bond acceptors (Lipinski definition) is 7. The molecule has 9 heteroatoms. The van der Waals surface area contributed by atoms with E-state index < -0.39 is 10.5 Å². The largest absolute Gasteiger partial charge is 0.471 e. The van der Waals surface area contributed by atoms with Crippen LogP contribution in [0.1, 0.15) is 0 Å². The zero-order valence-electron chi connectivity index (χ0n) is 11.8. The highest BCUT2D eigenvalue weighted by Gasteiger charge is 2.64. The van der Waals surface area contributed by atoms with Crippen molar-refractivity contribution in [3.05, 3.63) is 46.7 Å². The maximum absolute atomic E-state index is 12.4. The van der Waals surface area contributed by atoms with Crippen LogP contribution in [0.5, 0.6) is 5.75 Å². The molecule has 3 rings (SSSR count). The Balaban J connectivity index is 1.85. The lowest BCUT2D eigenvalue weighted by molar-refractivity contribution is -0.384. The first kappa shape index (κ1) is 15.3. The Morgan fingerprint density at radius 2 is 2.17 bits per heavy atom. The average molecular weight is 336 g/mol. The van der Waals surface area contributed by atoms with Crippen molar-refractivity contribution in [2.24, 2.45) is 0 Å². The Hall–Kier alpha value is -2.55. The van der Waals surface area contributed by atoms with E-state index in [1.807, 2.05) is 6.08 Å². The zero-order chi connectivity index (χ0) is 16.4. The summed E-state index contributed by atoms with van der Waals surface area (Å²) in [5.74, 6) is 0.695. The predicted molar refractivity (Wildman–Crippen MR) is 80.7 cm³/mol. The number of fused-ring (bicyclic) bond motifs is 1. The van der Waals surface area contributed by atoms with Crippen LogP contribution in [0.4, 0.5) is 5.69 Å². The van der Waals surface area contributed by atoms with Gasteiger partial charge in [-0.1, -0.05) is 6.08 Å². The lowest BCUT2D eigenvalue weighted by Crippen LogP contribution is -2.76. The number of carbonyl (C=O) groups is 2. The van der Waals surface area contributed by atoms with Gasteiger partial charge in [0.15, 0.2) is 0 Å². The summed E-state index contributed by atoms with van der Waals surface area (Å²) >= 11 is 1.49. The summed E-state index contributed by atoms with van der Waals surface area (Å²) in [5.41, 5.74) is -1.39. The van der Waals surface area contributed by atoms with Gasteiger partial charge in [-0.2, -0.15) is 0 Å². The molecule has 1 aromatic rings. The summed E-state index contributed by atoms with van der Waals surface area (Å²) in [5, 5.41) is 10.4. The molecule has 0 spiro atoms. The van der Waals surface area contributed by atoms with Gasteiger partial charge in [0.25, 0.3) is 23.7 Å². The van der Waals surface area contributed by atoms with Crippen LogP contribution in [0.15, 0.2) is 36.5 Å². The smallest absolute Gasteiger partial charge is 0.293 e. The number of carbonyl (C=O) groups excluding carboxylic acids is 2. The number of nitrogens with zero attached hydrogens (tertiary/aromatic N) is 2. The average Bonchev–Trinajstić information content (AvgIpc) is 2.58. The highest BCUT2D eigenvalue weighted by Crippen LogP contribution is 2.44. The van der Waals surface area contributed by atoms with Crippen molar-refractivity contribution < 1.29 is 24.0 Å². The molecule has 0 saturated carbocycles. The second-order valence-electron chi connectivity index (χ2n) is 4.93. The van der Waals surface area contributed by atoms with E-state index in [0.29, 0.717) is 11.5 Å². The monoisotopic (exact) mass is 336 g/mol. The first-order valence-corrected chi connectivity index (χ1v) is 7.73. The Labute approximate surface area is 135 Å². The number of benzene rings is 1. The van der Waals surface area contributed by atoms with Crippen molar-refractivity contribution in [1.29, 1.82) is 0 Å². The van der Waals surface area contributed by atoms with E-state index in [1.54, 1.807) is 6.20 Å². The fraction of sp³-hybridized carbons (Fsp3) is 0.286. The Morgan fingerprint density at radius 1 is 1.43 bits per heavy atom. The number of rotatable bonds is 6. The van der Waals surface area contributed by atoms with Crippen molar-refractivity contribution in [3.8, 4) is 5.75 Å². The molecule has 0 aliphatic carbocycles. The second kappa shape index (κ2) is 5.92. The van der Waals surface area contributed by atoms with Crippen molar-refractivity contribution in [2.75, 3.05) is 12.4 Å². The minimum atomic E-state index is -1.31. The van der Waals surface area contributed by atoms with E-state index in [2.05, 4.69) is 0 Å². The van der Waals surface area contributed by atoms with Gasteiger partial charge in [0.05, 0.1) is 4.92 Å². The number of non-ortho nitro benzene ring substituents is 1. The van der Waals surface area contributed by atoms with Crippen LogP contribution in [0.2, 0.25) is 0 Å². The highest BCUT2D eigenvalue weighted by atomic mass is 32.2. The van der Waals surface area contributed by atoms with E-state index in [0.717, 1.165) is 0 Å². The summed E-state index contributed by atoms with van der Waals surface area (Å²) in [6, 6.07) is 5.41. The van der Waals surface area contributed by atoms with Gasteiger partial charge in [-0.3, -0.25) is 24.6 Å². The highest BCUT2D eigenvalue weighted by molar-refractivity contribution is 8.00. The number of thioether (sulfide) groups is 1. The summed E-state index contributed by atoms with van der Waals surface area (Å²) in [6.45, 7) is 0.0501. The van der Waals surface area contributed by atoms with Gasteiger partial charge in [0.2, 0.25) is 0 Å². The first-order chi connectivity index (χ1) is 11.1. The Kier molecular flexibility index (Phi) is 3.95. The summed E-state index contributed by atoms with van der Waals surface area (Å²) in [7, 11) is 0. The molecule has 1 fully saturated rings. The molecule has 2 aliphatic heterocycles. The van der Waals surface area contributed by atoms with Crippen molar-refractivity contribution >= 4 is 29.8 Å². The van der Waals surface area contributed by atoms with Crippen molar-refractivity contribution in [1.82, 2.24) is 4.90 Å². The van der Waals surface area contributed by atoms with Crippen LogP contribution in [0.3, 0.4) is 0 Å². The van der Waals surface area contributed by atoms with E-state index in [9.17, 15) is 19.7 Å². The minimum Gasteiger partial charge on any atom is -0.471 e. The number of β-lactam (4-membered cyclic amide) rings is 1. The molecule has 2 atom stereocenters. The molecule has 0 radical (unpaired) electrons. The summed E-state index contributed by atoms with van der Waals surface area (Å²) in [4.78, 5) is 34.6. The maximum atomic E-state index is 12.4. The van der Waals surface area contributed by atoms with Crippen LogP contribution >= 0.6 is 11.8 Å². The molecule has 1 unspecified atom stereocenters. The van der Waals surface area contributed by atoms with Crippen LogP contribution in [0, 0.1) is 10.1 Å². The van der Waals surface area contributed by atoms with E-state index in [4.69, 9.17) is 9.47 Å². The van der Waals surface area contributed by atoms with E-state index in [1.165, 1.54) is 40.9 Å². The number of amides is 1. The van der Waals surface area contributed by atoms with Gasteiger partial charge >= 0.3 is 0 Å². The summed E-state index contributed by atoms with van der Waals surface area (Å²) < 4.78 is 10.6. The zero-order valence-corrected chi connectivity index (χ0v) is 12.6. The van der Waals surface area contributed by atoms with Gasteiger partial charge in [0.1, 0.15) is 17.7 Å². The maximum Gasteiger partial charge on any atom is 0.293 e. The van der Waals surface area contributed by atoms with Gasteiger partial charge in [-0.25, -0.2) is 0 Å². The van der Waals surface area contributed by atoms with Gasteiger partial charge < -0.3 is 9.47 Å². The molecule has 1 amide bonds. The third-order valence-corrected chi connectivity index (χ3v) is 4.89. The van der Waals surface area contributed by atoms with Crippen molar-refractivity contribution in [2.45, 2.75) is 11.0 Å². The quantitative estimate of drug-likeness (QED) is 0.334. The molecule has 23 heavy (non-hydrogen) atoms. The van der Waals surface area contributed by atoms with Crippen LogP contribution in [0.25, 0.3) is 0 Å². The molecule has 0 aromatic heterocycles. The third-order valence-electron chi connectivity index (χ3n) is 3.58.